The molecular weight excluding hydrogens is 268 g/mol. The van der Waals surface area contributed by atoms with Crippen molar-refractivity contribution in [1.29, 1.82) is 0 Å². The zero-order chi connectivity index (χ0) is 11.5. The molecular formula is C13H17BrO2. The molecule has 0 bridgehead atoms. The molecule has 0 amide bonds. The standard InChI is InChI=1S/C13H17BrO2/c1-9-6-12(7-10(2)13(9)14)16-11-4-3-5-15-8-11/h6-7,11H,3-5,8H2,1-2H3. The van der Waals surface area contributed by atoms with E-state index >= 15 is 0 Å². The van der Waals surface area contributed by atoms with Gasteiger partial charge >= 0.3 is 0 Å². The predicted octanol–water partition coefficient (Wildman–Crippen LogP) is 3.62. The lowest BCUT2D eigenvalue weighted by Crippen LogP contribution is -2.28. The highest BCUT2D eigenvalue weighted by Crippen LogP contribution is 2.27. The Morgan fingerprint density at radius 1 is 1.31 bits per heavy atom. The van der Waals surface area contributed by atoms with Crippen LogP contribution in [-0.4, -0.2) is 19.3 Å². The molecule has 1 unspecified atom stereocenters. The van der Waals surface area contributed by atoms with Gasteiger partial charge in [-0.25, -0.2) is 0 Å². The fourth-order valence-corrected chi connectivity index (χ4v) is 2.20. The minimum absolute atomic E-state index is 0.216. The molecule has 1 aliphatic heterocycles. The van der Waals surface area contributed by atoms with Gasteiger partial charge in [0, 0.05) is 11.1 Å². The number of aryl methyl sites for hydroxylation is 2. The van der Waals surface area contributed by atoms with Crippen LogP contribution in [0.2, 0.25) is 0 Å². The van der Waals surface area contributed by atoms with Crippen molar-refractivity contribution >= 4 is 15.9 Å². The van der Waals surface area contributed by atoms with Crippen LogP contribution in [0.1, 0.15) is 24.0 Å². The van der Waals surface area contributed by atoms with Crippen molar-refractivity contribution in [1.82, 2.24) is 0 Å². The van der Waals surface area contributed by atoms with Gasteiger partial charge in [-0.3, -0.25) is 0 Å². The van der Waals surface area contributed by atoms with Crippen molar-refractivity contribution in [2.45, 2.75) is 32.8 Å². The third-order valence-electron chi connectivity index (χ3n) is 2.83. The van der Waals surface area contributed by atoms with E-state index in [-0.39, 0.29) is 6.10 Å². The van der Waals surface area contributed by atoms with Crippen LogP contribution in [0.15, 0.2) is 16.6 Å². The number of halogens is 1. The summed E-state index contributed by atoms with van der Waals surface area (Å²) in [7, 11) is 0. The minimum Gasteiger partial charge on any atom is -0.488 e. The molecule has 1 aromatic rings. The van der Waals surface area contributed by atoms with E-state index < -0.39 is 0 Å². The molecule has 1 heterocycles. The predicted molar refractivity (Wildman–Crippen MR) is 68.1 cm³/mol. The van der Waals surface area contributed by atoms with Gasteiger partial charge in [0.15, 0.2) is 0 Å². The summed E-state index contributed by atoms with van der Waals surface area (Å²) >= 11 is 3.56. The average molecular weight is 285 g/mol. The number of hydrogen-bond donors (Lipinski definition) is 0. The molecule has 16 heavy (non-hydrogen) atoms. The Morgan fingerprint density at radius 2 is 2.00 bits per heavy atom. The van der Waals surface area contributed by atoms with Crippen LogP contribution in [0.25, 0.3) is 0 Å². The fraction of sp³-hybridized carbons (Fsp3) is 0.538. The van der Waals surface area contributed by atoms with Crippen LogP contribution < -0.4 is 4.74 Å². The molecule has 2 rings (SSSR count). The molecule has 1 aliphatic rings. The van der Waals surface area contributed by atoms with Crippen LogP contribution in [0.4, 0.5) is 0 Å². The van der Waals surface area contributed by atoms with Crippen LogP contribution in [0.5, 0.6) is 5.75 Å². The van der Waals surface area contributed by atoms with Gasteiger partial charge in [0.2, 0.25) is 0 Å². The normalized spacial score (nSPS) is 20.8. The lowest BCUT2D eigenvalue weighted by atomic mass is 10.1. The molecule has 0 N–H and O–H groups in total. The van der Waals surface area contributed by atoms with E-state index in [1.165, 1.54) is 15.6 Å². The van der Waals surface area contributed by atoms with Crippen molar-refractivity contribution in [2.24, 2.45) is 0 Å². The van der Waals surface area contributed by atoms with E-state index in [4.69, 9.17) is 9.47 Å². The van der Waals surface area contributed by atoms with Gasteiger partial charge < -0.3 is 9.47 Å². The molecule has 1 saturated heterocycles. The van der Waals surface area contributed by atoms with Gasteiger partial charge in [-0.2, -0.15) is 0 Å². The fourth-order valence-electron chi connectivity index (χ4n) is 1.97. The summed E-state index contributed by atoms with van der Waals surface area (Å²) in [6.45, 7) is 5.76. The topological polar surface area (TPSA) is 18.5 Å². The Balaban J connectivity index is 2.09. The highest BCUT2D eigenvalue weighted by atomic mass is 79.9. The number of hydrogen-bond acceptors (Lipinski definition) is 2. The van der Waals surface area contributed by atoms with Gasteiger partial charge in [-0.1, -0.05) is 15.9 Å². The molecule has 0 saturated carbocycles. The number of rotatable bonds is 2. The first-order valence-electron chi connectivity index (χ1n) is 5.68. The first-order valence-corrected chi connectivity index (χ1v) is 6.47. The molecule has 3 heteroatoms. The van der Waals surface area contributed by atoms with Gasteiger partial charge in [0.05, 0.1) is 6.61 Å². The maximum Gasteiger partial charge on any atom is 0.122 e. The maximum atomic E-state index is 5.93. The van der Waals surface area contributed by atoms with Crippen LogP contribution >= 0.6 is 15.9 Å². The van der Waals surface area contributed by atoms with Gasteiger partial charge in [0.25, 0.3) is 0 Å². The first kappa shape index (κ1) is 11.9. The zero-order valence-electron chi connectivity index (χ0n) is 9.75. The Labute approximate surface area is 105 Å². The molecule has 2 nitrogen and oxygen atoms in total. The van der Waals surface area contributed by atoms with Crippen molar-refractivity contribution in [3.05, 3.63) is 27.7 Å². The summed E-state index contributed by atoms with van der Waals surface area (Å²) in [5.74, 6) is 0.953. The summed E-state index contributed by atoms with van der Waals surface area (Å²) in [5.41, 5.74) is 2.43. The maximum absolute atomic E-state index is 5.93. The number of benzene rings is 1. The second-order valence-corrected chi connectivity index (χ2v) is 5.12. The Morgan fingerprint density at radius 3 is 2.56 bits per heavy atom. The first-order chi connectivity index (χ1) is 7.66. The van der Waals surface area contributed by atoms with E-state index in [1.807, 2.05) is 0 Å². The lowest BCUT2D eigenvalue weighted by molar-refractivity contribution is 0.00738. The highest BCUT2D eigenvalue weighted by molar-refractivity contribution is 9.10. The summed E-state index contributed by atoms with van der Waals surface area (Å²) in [6, 6.07) is 4.15. The molecule has 1 aromatic carbocycles. The van der Waals surface area contributed by atoms with Crippen LogP contribution in [0.3, 0.4) is 0 Å². The summed E-state index contributed by atoms with van der Waals surface area (Å²) in [6.07, 6.45) is 2.40. The Bertz CT molecular complexity index is 347. The van der Waals surface area contributed by atoms with Crippen molar-refractivity contribution in [3.8, 4) is 5.75 Å². The van der Waals surface area contributed by atoms with Gasteiger partial charge in [0.1, 0.15) is 11.9 Å². The third kappa shape index (κ3) is 2.77. The summed E-state index contributed by atoms with van der Waals surface area (Å²) in [4.78, 5) is 0. The Hall–Kier alpha value is -0.540. The van der Waals surface area contributed by atoms with Crippen LogP contribution in [0, 0.1) is 13.8 Å². The molecule has 88 valence electrons. The number of ether oxygens (including phenoxy) is 2. The van der Waals surface area contributed by atoms with E-state index in [0.717, 1.165) is 25.2 Å². The van der Waals surface area contributed by atoms with E-state index in [2.05, 4.69) is 41.9 Å². The van der Waals surface area contributed by atoms with E-state index in [1.54, 1.807) is 0 Å². The van der Waals surface area contributed by atoms with Crippen molar-refractivity contribution in [3.63, 3.8) is 0 Å². The van der Waals surface area contributed by atoms with Crippen LogP contribution in [-0.2, 0) is 4.74 Å². The second kappa shape index (κ2) is 5.19. The smallest absolute Gasteiger partial charge is 0.122 e. The second-order valence-electron chi connectivity index (χ2n) is 4.33. The quantitative estimate of drug-likeness (QED) is 0.826. The van der Waals surface area contributed by atoms with E-state index in [0.29, 0.717) is 6.61 Å². The largest absolute Gasteiger partial charge is 0.488 e. The third-order valence-corrected chi connectivity index (χ3v) is 4.08. The molecule has 0 spiro atoms. The van der Waals surface area contributed by atoms with Crippen molar-refractivity contribution < 1.29 is 9.47 Å². The molecule has 0 aromatic heterocycles. The Kier molecular flexibility index (Phi) is 3.87. The molecule has 1 atom stereocenters. The monoisotopic (exact) mass is 284 g/mol. The molecule has 0 radical (unpaired) electrons. The van der Waals surface area contributed by atoms with Gasteiger partial charge in [-0.05, 0) is 49.9 Å². The molecule has 0 aliphatic carbocycles. The highest BCUT2D eigenvalue weighted by Gasteiger charge is 2.15. The van der Waals surface area contributed by atoms with Crippen molar-refractivity contribution in [2.75, 3.05) is 13.2 Å². The van der Waals surface area contributed by atoms with E-state index in [9.17, 15) is 0 Å². The lowest BCUT2D eigenvalue weighted by Gasteiger charge is -2.23. The molecule has 1 fully saturated rings. The van der Waals surface area contributed by atoms with Gasteiger partial charge in [-0.15, -0.1) is 0 Å². The summed E-state index contributed by atoms with van der Waals surface area (Å²) in [5, 5.41) is 0. The zero-order valence-corrected chi connectivity index (χ0v) is 11.3. The summed E-state index contributed by atoms with van der Waals surface area (Å²) < 4.78 is 12.5. The minimum atomic E-state index is 0.216. The SMILES string of the molecule is Cc1cc(OC2CCCOC2)cc(C)c1Br. The average Bonchev–Trinajstić information content (AvgIpc) is 2.27.